The molecule has 0 heterocycles. The van der Waals surface area contributed by atoms with Crippen LogP contribution >= 0.6 is 0 Å². The van der Waals surface area contributed by atoms with Crippen LogP contribution in [-0.4, -0.2) is 25.6 Å². The fraction of sp³-hybridized carbons (Fsp3) is 0.800. The van der Waals surface area contributed by atoms with Crippen molar-refractivity contribution in [2.24, 2.45) is 5.92 Å². The number of aldehydes is 1. The molecule has 0 amide bonds. The van der Waals surface area contributed by atoms with Gasteiger partial charge in [-0.1, -0.05) is 6.92 Å². The first-order valence-electron chi connectivity index (χ1n) is 2.90. The van der Waals surface area contributed by atoms with Gasteiger partial charge in [0.05, 0.1) is 7.85 Å². The quantitative estimate of drug-likeness (QED) is 0.240. The molecule has 0 spiro atoms. The van der Waals surface area contributed by atoms with Gasteiger partial charge in [0.15, 0.2) is 0 Å². The van der Waals surface area contributed by atoms with Crippen LogP contribution < -0.4 is 0 Å². The van der Waals surface area contributed by atoms with E-state index in [1.54, 1.807) is 6.92 Å². The number of nitro groups is 1. The number of carbonyl (C=O) groups excluding carboxylic acids is 1. The van der Waals surface area contributed by atoms with Crippen molar-refractivity contribution in [3.05, 3.63) is 10.1 Å². The summed E-state index contributed by atoms with van der Waals surface area (Å²) in [6.45, 7) is 1.32. The average Bonchev–Trinajstić information content (AvgIpc) is 1.85. The van der Waals surface area contributed by atoms with Crippen LogP contribution in [-0.2, 0) is 4.79 Å². The third-order valence-corrected chi connectivity index (χ3v) is 1.25. The minimum Gasteiger partial charge on any atom is -0.304 e. The third-order valence-electron chi connectivity index (χ3n) is 1.25. The van der Waals surface area contributed by atoms with Crippen molar-refractivity contribution in [2.45, 2.75) is 12.7 Å². The second-order valence-corrected chi connectivity index (χ2v) is 2.21. The van der Waals surface area contributed by atoms with Crippen LogP contribution in [0.5, 0.6) is 0 Å². The lowest BCUT2D eigenvalue weighted by Crippen LogP contribution is -2.17. The van der Waals surface area contributed by atoms with Gasteiger partial charge < -0.3 is 4.79 Å². The number of hydrogen-bond donors (Lipinski definition) is 0. The smallest absolute Gasteiger partial charge is 0.206 e. The van der Waals surface area contributed by atoms with Gasteiger partial charge in [-0.15, -0.1) is 0 Å². The summed E-state index contributed by atoms with van der Waals surface area (Å²) >= 11 is 0. The summed E-state index contributed by atoms with van der Waals surface area (Å²) in [6.07, 6.45) is 0.522. The highest BCUT2D eigenvalue weighted by Crippen LogP contribution is 2.10. The van der Waals surface area contributed by atoms with Crippen molar-refractivity contribution in [3.63, 3.8) is 0 Å². The van der Waals surface area contributed by atoms with Crippen molar-refractivity contribution in [1.29, 1.82) is 0 Å². The van der Waals surface area contributed by atoms with Gasteiger partial charge in [0.25, 0.3) is 0 Å². The summed E-state index contributed by atoms with van der Waals surface area (Å²) in [7, 11) is 5.19. The normalized spacial score (nSPS) is 15.7. The monoisotopic (exact) mass is 141 g/mol. The second-order valence-electron chi connectivity index (χ2n) is 2.21. The average molecular weight is 141 g/mol. The molecule has 0 aromatic heterocycles. The lowest BCUT2D eigenvalue weighted by atomic mass is 9.79. The first-order chi connectivity index (χ1) is 4.57. The predicted molar refractivity (Wildman–Crippen MR) is 36.6 cm³/mol. The fourth-order valence-electron chi connectivity index (χ4n) is 0.491. The van der Waals surface area contributed by atoms with Crippen LogP contribution in [0.25, 0.3) is 0 Å². The van der Waals surface area contributed by atoms with Gasteiger partial charge in [-0.05, 0) is 5.82 Å². The van der Waals surface area contributed by atoms with Crippen LogP contribution in [0.4, 0.5) is 0 Å². The summed E-state index contributed by atoms with van der Waals surface area (Å²) in [5.74, 6) is -1.10. The van der Waals surface area contributed by atoms with Gasteiger partial charge in [0, 0.05) is 10.8 Å². The highest BCUT2D eigenvalue weighted by atomic mass is 16.6. The molecule has 2 atom stereocenters. The second kappa shape index (κ2) is 4.03. The van der Waals surface area contributed by atoms with Crippen molar-refractivity contribution in [3.8, 4) is 0 Å². The molecule has 0 aliphatic rings. The highest BCUT2D eigenvalue weighted by Gasteiger charge is 2.15. The standard InChI is InChI=1S/C5H8BNO3/c1-4(2-7(9)10)5(6)3-8/h3-5H,2H2,1H3. The Labute approximate surface area is 60.2 Å². The summed E-state index contributed by atoms with van der Waals surface area (Å²) < 4.78 is 0. The van der Waals surface area contributed by atoms with E-state index in [2.05, 4.69) is 0 Å². The largest absolute Gasteiger partial charge is 0.304 e. The van der Waals surface area contributed by atoms with Crippen molar-refractivity contribution < 1.29 is 9.72 Å². The van der Waals surface area contributed by atoms with Crippen LogP contribution in [0.15, 0.2) is 0 Å². The Bertz CT molecular complexity index is 139. The molecular formula is C5H8BNO3. The molecule has 10 heavy (non-hydrogen) atoms. The molecule has 0 fully saturated rings. The zero-order valence-electron chi connectivity index (χ0n) is 5.69. The van der Waals surface area contributed by atoms with Crippen LogP contribution in [0.2, 0.25) is 5.82 Å². The molecule has 0 rings (SSSR count). The Kier molecular flexibility index (Phi) is 3.68. The van der Waals surface area contributed by atoms with E-state index in [9.17, 15) is 14.9 Å². The van der Waals surface area contributed by atoms with E-state index in [0.29, 0.717) is 6.29 Å². The van der Waals surface area contributed by atoms with E-state index in [-0.39, 0.29) is 12.5 Å². The third kappa shape index (κ3) is 3.22. The topological polar surface area (TPSA) is 60.2 Å². The molecule has 0 saturated heterocycles. The summed E-state index contributed by atoms with van der Waals surface area (Å²) in [5, 5.41) is 9.86. The van der Waals surface area contributed by atoms with E-state index in [4.69, 9.17) is 7.85 Å². The summed E-state index contributed by atoms with van der Waals surface area (Å²) in [6, 6.07) is 0. The van der Waals surface area contributed by atoms with Gasteiger partial charge >= 0.3 is 0 Å². The molecule has 4 nitrogen and oxygen atoms in total. The number of nitrogens with zero attached hydrogens (tertiary/aromatic N) is 1. The van der Waals surface area contributed by atoms with Crippen LogP contribution in [0, 0.1) is 16.0 Å². The van der Waals surface area contributed by atoms with Gasteiger partial charge in [0.2, 0.25) is 6.54 Å². The lowest BCUT2D eigenvalue weighted by molar-refractivity contribution is -0.487. The Morgan fingerprint density at radius 1 is 1.80 bits per heavy atom. The maximum Gasteiger partial charge on any atom is 0.206 e. The molecule has 0 aliphatic carbocycles. The maximum absolute atomic E-state index is 9.98. The molecule has 0 aromatic rings. The Balaban J connectivity index is 3.71. The molecule has 2 unspecified atom stereocenters. The first kappa shape index (κ1) is 9.13. The van der Waals surface area contributed by atoms with Crippen molar-refractivity contribution >= 4 is 14.1 Å². The fourth-order valence-corrected chi connectivity index (χ4v) is 0.491. The van der Waals surface area contributed by atoms with Gasteiger partial charge in [0.1, 0.15) is 6.29 Å². The SMILES string of the molecule is [B]C(C=O)C(C)C[N+](=O)[O-]. The minimum absolute atomic E-state index is 0.250. The molecule has 0 aromatic carbocycles. The molecule has 0 saturated carbocycles. The zero-order chi connectivity index (χ0) is 8.15. The Morgan fingerprint density at radius 3 is 2.60 bits per heavy atom. The summed E-state index contributed by atoms with van der Waals surface area (Å²) in [5.41, 5.74) is 0. The molecule has 5 heteroatoms. The van der Waals surface area contributed by atoms with E-state index in [1.165, 1.54) is 0 Å². The van der Waals surface area contributed by atoms with E-state index in [0.717, 1.165) is 0 Å². The molecule has 0 N–H and O–H groups in total. The van der Waals surface area contributed by atoms with Crippen molar-refractivity contribution in [1.82, 2.24) is 0 Å². The van der Waals surface area contributed by atoms with E-state index in [1.807, 2.05) is 0 Å². The summed E-state index contributed by atoms with van der Waals surface area (Å²) in [4.78, 5) is 19.4. The van der Waals surface area contributed by atoms with Crippen LogP contribution in [0.3, 0.4) is 0 Å². The first-order valence-corrected chi connectivity index (χ1v) is 2.90. The molecule has 0 aliphatic heterocycles. The van der Waals surface area contributed by atoms with E-state index < -0.39 is 10.7 Å². The van der Waals surface area contributed by atoms with E-state index >= 15 is 0 Å². The molecular weight excluding hydrogens is 133 g/mol. The van der Waals surface area contributed by atoms with Gasteiger partial charge in [-0.2, -0.15) is 0 Å². The maximum atomic E-state index is 9.98. The zero-order valence-corrected chi connectivity index (χ0v) is 5.69. The predicted octanol–water partition coefficient (Wildman–Crippen LogP) is 0.0551. The molecule has 2 radical (unpaired) electrons. The number of carbonyl (C=O) groups is 1. The van der Waals surface area contributed by atoms with Gasteiger partial charge in [-0.3, -0.25) is 10.1 Å². The van der Waals surface area contributed by atoms with Crippen LogP contribution in [0.1, 0.15) is 6.92 Å². The minimum atomic E-state index is -0.717. The highest BCUT2D eigenvalue weighted by molar-refractivity contribution is 6.19. The Morgan fingerprint density at radius 2 is 2.30 bits per heavy atom. The molecule has 0 bridgehead atoms. The number of rotatable bonds is 4. The molecule has 54 valence electrons. The van der Waals surface area contributed by atoms with Gasteiger partial charge in [-0.25, -0.2) is 0 Å². The Hall–Kier alpha value is -0.865. The lowest BCUT2D eigenvalue weighted by Gasteiger charge is -2.07. The number of hydrogen-bond acceptors (Lipinski definition) is 3. The van der Waals surface area contributed by atoms with Crippen molar-refractivity contribution in [2.75, 3.05) is 6.54 Å².